The summed E-state index contributed by atoms with van der Waals surface area (Å²) in [7, 11) is 0. The van der Waals surface area contributed by atoms with E-state index < -0.39 is 17.4 Å². The molecule has 0 amide bonds. The second kappa shape index (κ2) is 19.6. The first-order valence-electron chi connectivity index (χ1n) is 25.6. The van der Waals surface area contributed by atoms with Crippen LogP contribution < -0.4 is 0 Å². The molecule has 0 N–H and O–H groups in total. The van der Waals surface area contributed by atoms with Crippen molar-refractivity contribution in [2.24, 2.45) is 11.8 Å². The predicted octanol–water partition coefficient (Wildman–Crippen LogP) is 18.7. The molecule has 68 heavy (non-hydrogen) atoms. The fourth-order valence-electron chi connectivity index (χ4n) is 14.4. The summed E-state index contributed by atoms with van der Waals surface area (Å²) in [6.07, 6.45) is 19.1. The van der Waals surface area contributed by atoms with E-state index in [4.69, 9.17) is 0 Å². The summed E-state index contributed by atoms with van der Waals surface area (Å²) < 4.78 is 6.74. The second-order valence-corrected chi connectivity index (χ2v) is 53.9. The van der Waals surface area contributed by atoms with Crippen LogP contribution in [-0.2, 0) is 17.4 Å². The zero-order valence-corrected chi connectivity index (χ0v) is 48.3. The largest absolute Gasteiger partial charge is 0.147 e. The molecule has 10 rings (SSSR count). The molecule has 0 aromatic heterocycles. The van der Waals surface area contributed by atoms with E-state index in [2.05, 4.69) is 181 Å². The fourth-order valence-corrected chi connectivity index (χ4v) is 33.9. The summed E-state index contributed by atoms with van der Waals surface area (Å²) >= 11 is -4.30. The monoisotopic (exact) mass is 1030 g/mol. The molecule has 0 spiro atoms. The molecule has 0 radical (unpaired) electrons. The van der Waals surface area contributed by atoms with Gasteiger partial charge in [-0.05, 0) is 0 Å². The van der Waals surface area contributed by atoms with Gasteiger partial charge < -0.3 is 0 Å². The third-order valence-corrected chi connectivity index (χ3v) is 34.0. The van der Waals surface area contributed by atoms with E-state index in [9.17, 15) is 0 Å². The van der Waals surface area contributed by atoms with Crippen molar-refractivity contribution in [3.8, 4) is 44.5 Å². The Morgan fingerprint density at radius 3 is 0.926 bits per heavy atom. The van der Waals surface area contributed by atoms with Gasteiger partial charge >= 0.3 is 404 Å². The molecule has 6 aromatic carbocycles. The van der Waals surface area contributed by atoms with Crippen molar-refractivity contribution >= 4 is 43.8 Å². The Morgan fingerprint density at radius 1 is 0.397 bits per heavy atom. The van der Waals surface area contributed by atoms with Gasteiger partial charge in [0.25, 0.3) is 0 Å². The van der Waals surface area contributed by atoms with E-state index in [1.54, 1.807) is 22.3 Å². The summed E-state index contributed by atoms with van der Waals surface area (Å²) in [5, 5.41) is 0. The summed E-state index contributed by atoms with van der Waals surface area (Å²) in [4.78, 5) is 0. The first-order valence-corrected chi connectivity index (χ1v) is 39.3. The van der Waals surface area contributed by atoms with Crippen LogP contribution in [0, 0.1) is 67.2 Å². The SMILES string of the molecule is Cc1cc(C)cc(-c2ccc(-c3cc(C)cc(C)c3)c3c2C=C(CC2CCCC2)[CH]3[Zr]([CH3])([CH3])(=[SiH2])[CH]2C(CC3CCCC3)=Cc3c(-c4cc(C)cc(C)c4)ccc(-c4cc(C)cc(C)c4)c32)c1.Cl.Cl. The van der Waals surface area contributed by atoms with Gasteiger partial charge in [-0.15, -0.1) is 24.8 Å². The fraction of sp³-hybridized carbons (Fsp3) is 0.375. The zero-order chi connectivity index (χ0) is 46.3. The molecule has 0 aliphatic heterocycles. The summed E-state index contributed by atoms with van der Waals surface area (Å²) in [6.45, 7) is 20.9. The Hall–Kier alpha value is -3.52. The van der Waals surface area contributed by atoms with E-state index >= 15 is 0 Å². The van der Waals surface area contributed by atoms with Gasteiger partial charge in [-0.1, -0.05) is 0 Å². The van der Waals surface area contributed by atoms with Crippen LogP contribution in [0.25, 0.3) is 56.7 Å². The van der Waals surface area contributed by atoms with Gasteiger partial charge in [-0.25, -0.2) is 0 Å². The first-order chi connectivity index (χ1) is 31.5. The Labute approximate surface area is 425 Å². The molecule has 2 unspecified atom stereocenters. The normalized spacial score (nSPS) is 18.2. The molecule has 4 aliphatic carbocycles. The van der Waals surface area contributed by atoms with E-state index in [0.717, 1.165) is 11.8 Å². The van der Waals surface area contributed by atoms with Gasteiger partial charge in [0.05, 0.1) is 0 Å². The van der Waals surface area contributed by atoms with Gasteiger partial charge in [0.15, 0.2) is 0 Å². The second-order valence-electron chi connectivity index (χ2n) is 23.4. The Morgan fingerprint density at radius 2 is 0.647 bits per heavy atom. The number of rotatable bonds is 10. The van der Waals surface area contributed by atoms with Crippen LogP contribution in [0.3, 0.4) is 0 Å². The number of benzene rings is 6. The van der Waals surface area contributed by atoms with Crippen LogP contribution in [0.1, 0.15) is 138 Å². The van der Waals surface area contributed by atoms with Crippen molar-refractivity contribution in [1.82, 2.24) is 0 Å². The topological polar surface area (TPSA) is 0 Å². The Kier molecular flexibility index (Phi) is 14.6. The van der Waals surface area contributed by atoms with Gasteiger partial charge in [0.1, 0.15) is 0 Å². The molecule has 2 fully saturated rings. The van der Waals surface area contributed by atoms with E-state index in [1.165, 1.54) is 164 Å². The van der Waals surface area contributed by atoms with E-state index in [-0.39, 0.29) is 24.8 Å². The minimum atomic E-state index is -4.30. The molecular weight excluding hydrogens is 959 g/mol. The number of allylic oxidation sites excluding steroid dienone is 2. The molecule has 0 saturated heterocycles. The number of hydrogen-bond donors (Lipinski definition) is 0. The van der Waals surface area contributed by atoms with Crippen LogP contribution in [-0.4, -0.2) is 6.88 Å². The van der Waals surface area contributed by atoms with Gasteiger partial charge in [0, 0.05) is 0 Å². The summed E-state index contributed by atoms with van der Waals surface area (Å²) in [5.41, 5.74) is 32.0. The van der Waals surface area contributed by atoms with Crippen molar-refractivity contribution in [3.05, 3.63) is 175 Å². The molecule has 4 aliphatic rings. The smallest absolute Gasteiger partial charge is 0.147 e. The van der Waals surface area contributed by atoms with Crippen molar-refractivity contribution in [2.75, 3.05) is 0 Å². The average molecular weight is 1040 g/mol. The number of halogens is 2. The van der Waals surface area contributed by atoms with Crippen LogP contribution in [0.5, 0.6) is 0 Å². The summed E-state index contributed by atoms with van der Waals surface area (Å²) in [6, 6.07) is 39.3. The Balaban J connectivity index is 0.00000312. The molecule has 4 heteroatoms. The van der Waals surface area contributed by atoms with Crippen molar-refractivity contribution in [2.45, 2.75) is 136 Å². The molecule has 0 heterocycles. The first kappa shape index (κ1) is 50.9. The van der Waals surface area contributed by atoms with Gasteiger partial charge in [-0.3, -0.25) is 0 Å². The number of hydrogen-bond acceptors (Lipinski definition) is 0. The standard InChI is InChI=1S/2C31H33.2CH3.2ClH.H2Si.Zr/c2*1-20-11-21(2)14-26(13-20)28-9-10-29(27-15-22(3)12-23(4)16-27)31-19-25(18-30(28)31)17-24-7-5-6-8-24;;;;;;/h2*9-16,18-19,24H,5-8,17H2,1-4H3;2*1H3;2*1H;1H2;. The maximum atomic E-state index is 2.95. The third kappa shape index (κ3) is 9.64. The van der Waals surface area contributed by atoms with Crippen molar-refractivity contribution in [1.29, 1.82) is 0 Å². The average Bonchev–Trinajstić information content (AvgIpc) is 4.06. The maximum absolute atomic E-state index is 4.30. The van der Waals surface area contributed by atoms with Crippen LogP contribution in [0.15, 0.2) is 108 Å². The molecule has 6 aromatic rings. The maximum Gasteiger partial charge on any atom is -0.147 e. The molecule has 354 valence electrons. The molecule has 0 bridgehead atoms. The summed E-state index contributed by atoms with van der Waals surface area (Å²) in [5.74, 6) is 1.53. The van der Waals surface area contributed by atoms with E-state index in [1.807, 2.05) is 0 Å². The third-order valence-electron chi connectivity index (χ3n) is 16.6. The van der Waals surface area contributed by atoms with Crippen LogP contribution in [0.4, 0.5) is 0 Å². The molecule has 2 saturated carbocycles. The molecule has 2 atom stereocenters. The number of fused-ring (bicyclic) bond motifs is 2. The quantitative estimate of drug-likeness (QED) is 0.120. The van der Waals surface area contributed by atoms with E-state index in [0.29, 0.717) is 7.25 Å². The minimum Gasteiger partial charge on any atom is -0.147 e. The van der Waals surface area contributed by atoms with Crippen molar-refractivity contribution < 1.29 is 17.4 Å². The van der Waals surface area contributed by atoms with Gasteiger partial charge in [-0.2, -0.15) is 0 Å². The molecule has 0 nitrogen and oxygen atoms in total. The van der Waals surface area contributed by atoms with Crippen molar-refractivity contribution in [3.63, 3.8) is 0 Å². The van der Waals surface area contributed by atoms with Crippen LogP contribution in [0.2, 0.25) is 9.26 Å². The predicted molar refractivity (Wildman–Crippen MR) is 302 cm³/mol. The number of aryl methyl sites for hydroxylation is 8. The minimum absolute atomic E-state index is 0. The Bertz CT molecular complexity index is 2790. The van der Waals surface area contributed by atoms with Gasteiger partial charge in [0.2, 0.25) is 0 Å². The van der Waals surface area contributed by atoms with Crippen LogP contribution >= 0.6 is 24.8 Å². The molecular formula is C64H76Cl2SiZr. The zero-order valence-electron chi connectivity index (χ0n) is 42.8.